The molecular weight excluding hydrogens is 316 g/mol. The number of aromatic nitrogens is 1. The molecule has 1 aliphatic carbocycles. The minimum absolute atomic E-state index is 0.0392. The second-order valence-electron chi connectivity index (χ2n) is 4.82. The number of benzene rings is 1. The number of nitrogens with zero attached hydrogens (tertiary/aromatic N) is 1. The fourth-order valence-electron chi connectivity index (χ4n) is 2.25. The Balaban J connectivity index is 1.75. The molecule has 1 aromatic heterocycles. The average molecular weight is 329 g/mol. The molecule has 1 N–H and O–H groups in total. The van der Waals surface area contributed by atoms with E-state index < -0.39 is 10.0 Å². The van der Waals surface area contributed by atoms with Gasteiger partial charge in [0, 0.05) is 12.0 Å². The first kappa shape index (κ1) is 14.0. The maximum absolute atomic E-state index is 12.3. The van der Waals surface area contributed by atoms with Crippen molar-refractivity contribution >= 4 is 33.0 Å². The van der Waals surface area contributed by atoms with Crippen LogP contribution in [0.3, 0.4) is 0 Å². The molecule has 20 heavy (non-hydrogen) atoms. The number of rotatable bonds is 4. The van der Waals surface area contributed by atoms with Gasteiger partial charge in [-0.15, -0.1) is 0 Å². The van der Waals surface area contributed by atoms with Gasteiger partial charge in [-0.05, 0) is 18.9 Å². The van der Waals surface area contributed by atoms with E-state index in [1.807, 2.05) is 30.3 Å². The number of thiazole rings is 1. The quantitative estimate of drug-likeness (QED) is 0.938. The molecule has 0 bridgehead atoms. The Bertz CT molecular complexity index is 728. The number of hydrogen-bond acceptors (Lipinski definition) is 4. The molecular formula is C13H13ClN2O2S2. The first-order valence-corrected chi connectivity index (χ1v) is 8.85. The largest absolute Gasteiger partial charge is 0.252 e. The number of nitrogens with one attached hydrogen (secondary N) is 1. The third kappa shape index (κ3) is 2.74. The van der Waals surface area contributed by atoms with Crippen LogP contribution in [0.1, 0.15) is 23.6 Å². The highest BCUT2D eigenvalue weighted by Gasteiger charge is 2.41. The number of hydrogen-bond donors (Lipinski definition) is 1. The Morgan fingerprint density at radius 2 is 2.05 bits per heavy atom. The predicted molar refractivity (Wildman–Crippen MR) is 79.8 cm³/mol. The summed E-state index contributed by atoms with van der Waals surface area (Å²) in [6.07, 6.45) is 0.828. The summed E-state index contributed by atoms with van der Waals surface area (Å²) in [6, 6.07) is 9.89. The van der Waals surface area contributed by atoms with Crippen molar-refractivity contribution in [2.24, 2.45) is 0 Å². The number of halogens is 1. The van der Waals surface area contributed by atoms with E-state index in [1.165, 1.54) is 5.56 Å². The molecule has 2 atom stereocenters. The molecule has 2 aromatic rings. The van der Waals surface area contributed by atoms with E-state index in [0.29, 0.717) is 5.69 Å². The van der Waals surface area contributed by atoms with Crippen LogP contribution in [0.25, 0.3) is 0 Å². The molecule has 1 saturated carbocycles. The molecule has 0 aliphatic heterocycles. The summed E-state index contributed by atoms with van der Waals surface area (Å²) in [6.45, 7) is 1.65. The molecule has 1 heterocycles. The average Bonchev–Trinajstić information content (AvgIpc) is 3.06. The molecule has 1 aliphatic rings. The summed E-state index contributed by atoms with van der Waals surface area (Å²) in [7, 11) is -3.53. The lowest BCUT2D eigenvalue weighted by Gasteiger charge is -2.05. The van der Waals surface area contributed by atoms with Gasteiger partial charge in [-0.25, -0.2) is 18.1 Å². The van der Waals surface area contributed by atoms with Crippen molar-refractivity contribution in [2.45, 2.75) is 29.5 Å². The van der Waals surface area contributed by atoms with Gasteiger partial charge in [0.15, 0.2) is 8.68 Å². The standard InChI is InChI=1S/C13H13ClN2O2S2/c1-8-12(19-13(14)15-8)20(17,18)16-11-7-10(11)9-5-3-2-4-6-9/h2-6,10-11,16H,7H2,1H3. The second-order valence-corrected chi connectivity index (χ2v) is 8.31. The summed E-state index contributed by atoms with van der Waals surface area (Å²) < 4.78 is 27.8. The van der Waals surface area contributed by atoms with E-state index >= 15 is 0 Å². The van der Waals surface area contributed by atoms with Crippen molar-refractivity contribution in [3.63, 3.8) is 0 Å². The minimum Gasteiger partial charge on any atom is -0.229 e. The molecule has 0 radical (unpaired) electrons. The van der Waals surface area contributed by atoms with Gasteiger partial charge in [0.2, 0.25) is 0 Å². The van der Waals surface area contributed by atoms with Gasteiger partial charge in [0.1, 0.15) is 0 Å². The molecule has 7 heteroatoms. The van der Waals surface area contributed by atoms with E-state index in [4.69, 9.17) is 11.6 Å². The van der Waals surface area contributed by atoms with Crippen LogP contribution >= 0.6 is 22.9 Å². The zero-order valence-electron chi connectivity index (χ0n) is 10.7. The van der Waals surface area contributed by atoms with Crippen LogP contribution < -0.4 is 4.72 Å². The summed E-state index contributed by atoms with van der Waals surface area (Å²) in [4.78, 5) is 3.95. The van der Waals surface area contributed by atoms with Gasteiger partial charge in [0.25, 0.3) is 10.0 Å². The maximum Gasteiger partial charge on any atom is 0.252 e. The van der Waals surface area contributed by atoms with Crippen LogP contribution in [0.15, 0.2) is 34.5 Å². The van der Waals surface area contributed by atoms with E-state index in [9.17, 15) is 8.42 Å². The molecule has 106 valence electrons. The van der Waals surface area contributed by atoms with Crippen LogP contribution in [0, 0.1) is 6.92 Å². The van der Waals surface area contributed by atoms with Gasteiger partial charge in [0.05, 0.1) is 5.69 Å². The summed E-state index contributed by atoms with van der Waals surface area (Å²) >= 11 is 6.76. The van der Waals surface area contributed by atoms with E-state index in [0.717, 1.165) is 17.8 Å². The van der Waals surface area contributed by atoms with Crippen molar-refractivity contribution in [3.8, 4) is 0 Å². The van der Waals surface area contributed by atoms with Gasteiger partial charge in [-0.3, -0.25) is 0 Å². The Labute approximate surface area is 126 Å². The normalized spacial score (nSPS) is 21.9. The Kier molecular flexibility index (Phi) is 3.58. The predicted octanol–water partition coefficient (Wildman–Crippen LogP) is 2.94. The lowest BCUT2D eigenvalue weighted by atomic mass is 10.1. The molecule has 1 aromatic carbocycles. The van der Waals surface area contributed by atoms with Crippen LogP contribution in [0.2, 0.25) is 4.47 Å². The maximum atomic E-state index is 12.3. The summed E-state index contributed by atoms with van der Waals surface area (Å²) in [5, 5.41) is 0. The molecule has 0 amide bonds. The van der Waals surface area contributed by atoms with Crippen molar-refractivity contribution in [3.05, 3.63) is 46.1 Å². The van der Waals surface area contributed by atoms with Crippen molar-refractivity contribution in [1.29, 1.82) is 0 Å². The van der Waals surface area contributed by atoms with Crippen LogP contribution in [-0.2, 0) is 10.0 Å². The number of sulfonamides is 1. The SMILES string of the molecule is Cc1nc(Cl)sc1S(=O)(=O)NC1CC1c1ccccc1. The Hall–Kier alpha value is -0.950. The van der Waals surface area contributed by atoms with Crippen molar-refractivity contribution in [2.75, 3.05) is 0 Å². The third-order valence-electron chi connectivity index (χ3n) is 3.30. The van der Waals surface area contributed by atoms with Gasteiger partial charge < -0.3 is 0 Å². The highest BCUT2D eigenvalue weighted by Crippen LogP contribution is 2.42. The van der Waals surface area contributed by atoms with E-state index in [2.05, 4.69) is 9.71 Å². The summed E-state index contributed by atoms with van der Waals surface area (Å²) in [5.41, 5.74) is 1.61. The molecule has 1 fully saturated rings. The highest BCUT2D eigenvalue weighted by atomic mass is 35.5. The second kappa shape index (κ2) is 5.11. The van der Waals surface area contributed by atoms with Gasteiger partial charge in [-0.1, -0.05) is 53.3 Å². The lowest BCUT2D eigenvalue weighted by molar-refractivity contribution is 0.581. The van der Waals surface area contributed by atoms with Crippen LogP contribution in [-0.4, -0.2) is 19.4 Å². The van der Waals surface area contributed by atoms with Gasteiger partial charge >= 0.3 is 0 Å². The number of aryl methyl sites for hydroxylation is 1. The minimum atomic E-state index is -3.53. The fraction of sp³-hybridized carbons (Fsp3) is 0.308. The highest BCUT2D eigenvalue weighted by molar-refractivity contribution is 7.91. The fourth-order valence-corrected chi connectivity index (χ4v) is 5.29. The van der Waals surface area contributed by atoms with Crippen molar-refractivity contribution in [1.82, 2.24) is 9.71 Å². The zero-order chi connectivity index (χ0) is 14.3. The van der Waals surface area contributed by atoms with Crippen LogP contribution in [0.4, 0.5) is 0 Å². The molecule has 3 rings (SSSR count). The first-order valence-electron chi connectivity index (χ1n) is 6.17. The Morgan fingerprint density at radius 3 is 2.65 bits per heavy atom. The monoisotopic (exact) mass is 328 g/mol. The Morgan fingerprint density at radius 1 is 1.35 bits per heavy atom. The first-order chi connectivity index (χ1) is 9.47. The molecule has 4 nitrogen and oxygen atoms in total. The van der Waals surface area contributed by atoms with E-state index in [1.54, 1.807) is 6.92 Å². The van der Waals surface area contributed by atoms with Crippen molar-refractivity contribution < 1.29 is 8.42 Å². The molecule has 0 spiro atoms. The van der Waals surface area contributed by atoms with E-state index in [-0.39, 0.29) is 20.6 Å². The molecule has 2 unspecified atom stereocenters. The third-order valence-corrected chi connectivity index (χ3v) is 6.66. The molecule has 0 saturated heterocycles. The smallest absolute Gasteiger partial charge is 0.229 e. The summed E-state index contributed by atoms with van der Waals surface area (Å²) in [5.74, 6) is 0.259. The topological polar surface area (TPSA) is 59.1 Å². The lowest BCUT2D eigenvalue weighted by Crippen LogP contribution is -2.26. The van der Waals surface area contributed by atoms with Crippen LogP contribution in [0.5, 0.6) is 0 Å². The zero-order valence-corrected chi connectivity index (χ0v) is 13.1. The van der Waals surface area contributed by atoms with Gasteiger partial charge in [-0.2, -0.15) is 0 Å².